The maximum atomic E-state index is 10.7. The number of aromatic nitrogens is 1. The summed E-state index contributed by atoms with van der Waals surface area (Å²) in [6.45, 7) is 0. The third-order valence-electron chi connectivity index (χ3n) is 2.38. The average molecular weight is 165 g/mol. The SMILES string of the molecule is Cn1c(C(=O)O)ccc1C1CC1. The first-order chi connectivity index (χ1) is 5.70. The van der Waals surface area contributed by atoms with E-state index in [9.17, 15) is 4.79 Å². The third kappa shape index (κ3) is 1.02. The van der Waals surface area contributed by atoms with Crippen LogP contribution < -0.4 is 0 Å². The van der Waals surface area contributed by atoms with E-state index in [2.05, 4.69) is 0 Å². The molecule has 12 heavy (non-hydrogen) atoms. The van der Waals surface area contributed by atoms with Crippen LogP contribution in [0.2, 0.25) is 0 Å². The van der Waals surface area contributed by atoms with Gasteiger partial charge in [0.15, 0.2) is 0 Å². The van der Waals surface area contributed by atoms with Crippen molar-refractivity contribution < 1.29 is 9.90 Å². The molecule has 0 bridgehead atoms. The lowest BCUT2D eigenvalue weighted by Crippen LogP contribution is -2.06. The Hall–Kier alpha value is -1.25. The van der Waals surface area contributed by atoms with Gasteiger partial charge in [-0.15, -0.1) is 0 Å². The first kappa shape index (κ1) is 7.40. The van der Waals surface area contributed by atoms with Gasteiger partial charge in [0.05, 0.1) is 0 Å². The highest BCUT2D eigenvalue weighted by molar-refractivity contribution is 5.86. The molecule has 0 saturated heterocycles. The first-order valence-corrected chi connectivity index (χ1v) is 4.09. The Labute approximate surface area is 70.6 Å². The van der Waals surface area contributed by atoms with Gasteiger partial charge in [-0.3, -0.25) is 0 Å². The number of carboxylic acids is 1. The molecule has 0 unspecified atom stereocenters. The molecule has 1 aromatic heterocycles. The Balaban J connectivity index is 2.39. The van der Waals surface area contributed by atoms with Crippen LogP contribution in [0.15, 0.2) is 12.1 Å². The Morgan fingerprint density at radius 1 is 1.58 bits per heavy atom. The van der Waals surface area contributed by atoms with E-state index in [0.717, 1.165) is 5.69 Å². The predicted molar refractivity (Wildman–Crippen MR) is 44.3 cm³/mol. The molecule has 64 valence electrons. The highest BCUT2D eigenvalue weighted by atomic mass is 16.4. The third-order valence-corrected chi connectivity index (χ3v) is 2.38. The summed E-state index contributed by atoms with van der Waals surface area (Å²) in [4.78, 5) is 10.7. The van der Waals surface area contributed by atoms with E-state index >= 15 is 0 Å². The van der Waals surface area contributed by atoms with Crippen molar-refractivity contribution in [2.24, 2.45) is 7.05 Å². The summed E-state index contributed by atoms with van der Waals surface area (Å²) in [7, 11) is 1.82. The molecule has 0 amide bonds. The van der Waals surface area contributed by atoms with Crippen molar-refractivity contribution in [2.75, 3.05) is 0 Å². The van der Waals surface area contributed by atoms with E-state index < -0.39 is 5.97 Å². The lowest BCUT2D eigenvalue weighted by molar-refractivity contribution is 0.0686. The molecule has 1 fully saturated rings. The zero-order valence-electron chi connectivity index (χ0n) is 6.95. The fourth-order valence-electron chi connectivity index (χ4n) is 1.53. The fraction of sp³-hybridized carbons (Fsp3) is 0.444. The van der Waals surface area contributed by atoms with Crippen molar-refractivity contribution in [1.29, 1.82) is 0 Å². The molecule has 1 aromatic rings. The maximum Gasteiger partial charge on any atom is 0.352 e. The van der Waals surface area contributed by atoms with Gasteiger partial charge in [0.1, 0.15) is 5.69 Å². The summed E-state index contributed by atoms with van der Waals surface area (Å²) in [5, 5.41) is 8.76. The normalized spacial score (nSPS) is 16.4. The number of aromatic carboxylic acids is 1. The quantitative estimate of drug-likeness (QED) is 0.723. The second-order valence-corrected chi connectivity index (χ2v) is 3.28. The lowest BCUT2D eigenvalue weighted by atomic mass is 10.3. The maximum absolute atomic E-state index is 10.7. The lowest BCUT2D eigenvalue weighted by Gasteiger charge is -2.02. The Kier molecular flexibility index (Phi) is 1.46. The summed E-state index contributed by atoms with van der Waals surface area (Å²) in [6.07, 6.45) is 2.41. The van der Waals surface area contributed by atoms with Crippen LogP contribution in [-0.2, 0) is 7.05 Å². The van der Waals surface area contributed by atoms with Crippen molar-refractivity contribution in [3.63, 3.8) is 0 Å². The second kappa shape index (κ2) is 2.37. The van der Waals surface area contributed by atoms with Gasteiger partial charge in [0.2, 0.25) is 0 Å². The van der Waals surface area contributed by atoms with Gasteiger partial charge in [-0.05, 0) is 30.9 Å². The van der Waals surface area contributed by atoms with Crippen LogP contribution >= 0.6 is 0 Å². The van der Waals surface area contributed by atoms with Gasteiger partial charge in [-0.2, -0.15) is 0 Å². The van der Waals surface area contributed by atoms with E-state index in [-0.39, 0.29) is 0 Å². The molecule has 1 aliphatic carbocycles. The number of carbonyl (C=O) groups is 1. The van der Waals surface area contributed by atoms with Gasteiger partial charge < -0.3 is 9.67 Å². The summed E-state index contributed by atoms with van der Waals surface area (Å²) in [5.41, 5.74) is 1.55. The molecule has 3 nitrogen and oxygen atoms in total. The van der Waals surface area contributed by atoms with Gasteiger partial charge in [-0.25, -0.2) is 4.79 Å². The fourth-order valence-corrected chi connectivity index (χ4v) is 1.53. The highest BCUT2D eigenvalue weighted by Gasteiger charge is 2.27. The number of nitrogens with zero attached hydrogens (tertiary/aromatic N) is 1. The van der Waals surface area contributed by atoms with Crippen LogP contribution in [0.5, 0.6) is 0 Å². The molecule has 0 radical (unpaired) electrons. The van der Waals surface area contributed by atoms with E-state index in [1.807, 2.05) is 13.1 Å². The number of carboxylic acid groups (broad SMARTS) is 1. The molecular formula is C9H11NO2. The second-order valence-electron chi connectivity index (χ2n) is 3.28. The van der Waals surface area contributed by atoms with E-state index in [0.29, 0.717) is 11.6 Å². The van der Waals surface area contributed by atoms with Crippen molar-refractivity contribution in [2.45, 2.75) is 18.8 Å². The van der Waals surface area contributed by atoms with E-state index in [1.54, 1.807) is 10.6 Å². The Morgan fingerprint density at radius 2 is 2.25 bits per heavy atom. The van der Waals surface area contributed by atoms with Crippen LogP contribution in [-0.4, -0.2) is 15.6 Å². The Bertz CT molecular complexity index is 323. The molecule has 0 atom stereocenters. The predicted octanol–water partition coefficient (Wildman–Crippen LogP) is 1.60. The number of hydrogen-bond donors (Lipinski definition) is 1. The number of hydrogen-bond acceptors (Lipinski definition) is 1. The summed E-state index contributed by atoms with van der Waals surface area (Å²) >= 11 is 0. The highest BCUT2D eigenvalue weighted by Crippen LogP contribution is 2.40. The zero-order chi connectivity index (χ0) is 8.72. The minimum Gasteiger partial charge on any atom is -0.477 e. The molecule has 1 N–H and O–H groups in total. The first-order valence-electron chi connectivity index (χ1n) is 4.09. The van der Waals surface area contributed by atoms with Crippen LogP contribution in [0.4, 0.5) is 0 Å². The largest absolute Gasteiger partial charge is 0.477 e. The van der Waals surface area contributed by atoms with E-state index in [1.165, 1.54) is 12.8 Å². The van der Waals surface area contributed by atoms with Crippen LogP contribution in [0.3, 0.4) is 0 Å². The minimum absolute atomic E-state index is 0.386. The molecule has 0 aliphatic heterocycles. The van der Waals surface area contributed by atoms with Gasteiger partial charge in [-0.1, -0.05) is 0 Å². The van der Waals surface area contributed by atoms with E-state index in [4.69, 9.17) is 5.11 Å². The molecule has 1 aliphatic rings. The molecule has 2 rings (SSSR count). The van der Waals surface area contributed by atoms with Gasteiger partial charge in [0, 0.05) is 12.7 Å². The summed E-state index contributed by atoms with van der Waals surface area (Å²) in [6, 6.07) is 3.59. The summed E-state index contributed by atoms with van der Waals surface area (Å²) < 4.78 is 1.78. The molecular weight excluding hydrogens is 154 g/mol. The monoisotopic (exact) mass is 165 g/mol. The van der Waals surface area contributed by atoms with Crippen molar-refractivity contribution >= 4 is 5.97 Å². The molecule has 1 saturated carbocycles. The number of rotatable bonds is 2. The Morgan fingerprint density at radius 3 is 2.67 bits per heavy atom. The van der Waals surface area contributed by atoms with Crippen molar-refractivity contribution in [3.05, 3.63) is 23.5 Å². The molecule has 0 aromatic carbocycles. The summed E-state index contributed by atoms with van der Waals surface area (Å²) in [5.74, 6) is -0.229. The van der Waals surface area contributed by atoms with Gasteiger partial charge >= 0.3 is 5.97 Å². The zero-order valence-corrected chi connectivity index (χ0v) is 6.95. The average Bonchev–Trinajstić information content (AvgIpc) is 2.75. The molecule has 3 heteroatoms. The van der Waals surface area contributed by atoms with Crippen LogP contribution in [0.25, 0.3) is 0 Å². The minimum atomic E-state index is -0.843. The van der Waals surface area contributed by atoms with Crippen LogP contribution in [0, 0.1) is 0 Å². The molecule has 1 heterocycles. The van der Waals surface area contributed by atoms with Gasteiger partial charge in [0.25, 0.3) is 0 Å². The van der Waals surface area contributed by atoms with Crippen LogP contribution in [0.1, 0.15) is 34.9 Å². The van der Waals surface area contributed by atoms with Crippen molar-refractivity contribution in [3.8, 4) is 0 Å². The smallest absolute Gasteiger partial charge is 0.352 e. The molecule has 0 spiro atoms. The topological polar surface area (TPSA) is 42.2 Å². The van der Waals surface area contributed by atoms with Crippen molar-refractivity contribution in [1.82, 2.24) is 4.57 Å². The standard InChI is InChI=1S/C9H11NO2/c1-10-7(6-2-3-6)4-5-8(10)9(11)12/h4-6H,2-3H2,1H3,(H,11,12).